The van der Waals surface area contributed by atoms with Gasteiger partial charge in [0, 0.05) is 6.04 Å². The first-order chi connectivity index (χ1) is 9.40. The van der Waals surface area contributed by atoms with Gasteiger partial charge in [0.1, 0.15) is 5.54 Å². The van der Waals surface area contributed by atoms with Crippen molar-refractivity contribution in [3.05, 3.63) is 0 Å². The third-order valence-corrected chi connectivity index (χ3v) is 4.54. The van der Waals surface area contributed by atoms with Crippen molar-refractivity contribution in [2.24, 2.45) is 11.7 Å². The fourth-order valence-electron chi connectivity index (χ4n) is 3.16. The molecule has 20 heavy (non-hydrogen) atoms. The highest BCUT2D eigenvalue weighted by molar-refractivity contribution is 5.80. The largest absolute Gasteiger partial charge is 0.465 e. The van der Waals surface area contributed by atoms with Gasteiger partial charge in [0.2, 0.25) is 0 Å². The van der Waals surface area contributed by atoms with Gasteiger partial charge in [0.05, 0.1) is 6.61 Å². The van der Waals surface area contributed by atoms with Crippen molar-refractivity contribution in [3.8, 4) is 0 Å². The molecule has 118 valence electrons. The van der Waals surface area contributed by atoms with Crippen molar-refractivity contribution in [1.29, 1.82) is 0 Å². The zero-order valence-corrected chi connectivity index (χ0v) is 13.7. The minimum absolute atomic E-state index is 0.284. The van der Waals surface area contributed by atoms with E-state index in [0.717, 1.165) is 19.0 Å². The summed E-state index contributed by atoms with van der Waals surface area (Å²) in [6.07, 6.45) is 5.78. The predicted octanol–water partition coefficient (Wildman–Crippen LogP) is 2.56. The Morgan fingerprint density at radius 1 is 1.40 bits per heavy atom. The Hall–Kier alpha value is -0.610. The van der Waals surface area contributed by atoms with E-state index in [9.17, 15) is 4.79 Å². The Labute approximate surface area is 124 Å². The zero-order chi connectivity index (χ0) is 15.2. The molecule has 0 radical (unpaired) electrons. The second-order valence-corrected chi connectivity index (χ2v) is 6.43. The molecule has 0 aliphatic carbocycles. The molecule has 0 aromatic heterocycles. The van der Waals surface area contributed by atoms with Crippen LogP contribution in [0.3, 0.4) is 0 Å². The summed E-state index contributed by atoms with van der Waals surface area (Å²) in [5, 5.41) is 0. The lowest BCUT2D eigenvalue weighted by Crippen LogP contribution is -2.51. The van der Waals surface area contributed by atoms with E-state index in [1.165, 1.54) is 25.7 Å². The molecule has 2 N–H and O–H groups in total. The Morgan fingerprint density at radius 3 is 2.70 bits per heavy atom. The summed E-state index contributed by atoms with van der Waals surface area (Å²) >= 11 is 0. The molecule has 4 nitrogen and oxygen atoms in total. The fraction of sp³-hybridized carbons (Fsp3) is 0.938. The van der Waals surface area contributed by atoms with Crippen LogP contribution in [0.4, 0.5) is 0 Å². The third-order valence-electron chi connectivity index (χ3n) is 4.54. The lowest BCUT2D eigenvalue weighted by Gasteiger charge is -2.33. The Kier molecular flexibility index (Phi) is 6.96. The number of hydrogen-bond acceptors (Lipinski definition) is 4. The minimum Gasteiger partial charge on any atom is -0.465 e. The van der Waals surface area contributed by atoms with Crippen LogP contribution in [0.5, 0.6) is 0 Å². The number of likely N-dealkylation sites (tertiary alicyclic amines) is 1. The van der Waals surface area contributed by atoms with Gasteiger partial charge in [0.15, 0.2) is 0 Å². The van der Waals surface area contributed by atoms with Crippen molar-refractivity contribution >= 4 is 5.97 Å². The van der Waals surface area contributed by atoms with Gasteiger partial charge < -0.3 is 15.4 Å². The van der Waals surface area contributed by atoms with Gasteiger partial charge >= 0.3 is 5.97 Å². The standard InChI is InChI=1S/C16H32N2O2/c1-5-14-8-7-10-18(11-9-14)13(3)12-16(4,17)15(19)20-6-2/h13-14H,5-12,17H2,1-4H3. The zero-order valence-electron chi connectivity index (χ0n) is 13.7. The quantitative estimate of drug-likeness (QED) is 0.762. The summed E-state index contributed by atoms with van der Waals surface area (Å²) in [6.45, 7) is 10.7. The van der Waals surface area contributed by atoms with Crippen LogP contribution in [0.2, 0.25) is 0 Å². The van der Waals surface area contributed by atoms with Crippen molar-refractivity contribution in [2.75, 3.05) is 19.7 Å². The van der Waals surface area contributed by atoms with Gasteiger partial charge in [-0.05, 0) is 65.5 Å². The summed E-state index contributed by atoms with van der Waals surface area (Å²) < 4.78 is 5.07. The van der Waals surface area contributed by atoms with Crippen LogP contribution in [0.15, 0.2) is 0 Å². The lowest BCUT2D eigenvalue weighted by molar-refractivity contribution is -0.149. The van der Waals surface area contributed by atoms with E-state index in [-0.39, 0.29) is 5.97 Å². The first-order valence-corrected chi connectivity index (χ1v) is 8.10. The summed E-state index contributed by atoms with van der Waals surface area (Å²) in [5.74, 6) is 0.578. The van der Waals surface area contributed by atoms with Crippen LogP contribution in [0.25, 0.3) is 0 Å². The minimum atomic E-state index is -0.883. The molecule has 0 spiro atoms. The van der Waals surface area contributed by atoms with Crippen molar-refractivity contribution in [1.82, 2.24) is 4.90 Å². The molecule has 1 fully saturated rings. The lowest BCUT2D eigenvalue weighted by atomic mass is 9.94. The molecule has 0 amide bonds. The maximum atomic E-state index is 11.9. The Balaban J connectivity index is 2.52. The van der Waals surface area contributed by atoms with E-state index >= 15 is 0 Å². The molecular formula is C16H32N2O2. The van der Waals surface area contributed by atoms with E-state index in [2.05, 4.69) is 18.7 Å². The van der Waals surface area contributed by atoms with Crippen LogP contribution in [0.1, 0.15) is 59.8 Å². The molecule has 0 saturated carbocycles. The van der Waals surface area contributed by atoms with E-state index in [4.69, 9.17) is 10.5 Å². The molecule has 4 heteroatoms. The Bertz CT molecular complexity index is 305. The van der Waals surface area contributed by atoms with Crippen LogP contribution in [-0.2, 0) is 9.53 Å². The number of esters is 1. The SMILES string of the molecule is CCOC(=O)C(C)(N)CC(C)N1CCCC(CC)CC1. The average Bonchev–Trinajstić information content (AvgIpc) is 2.63. The summed E-state index contributed by atoms with van der Waals surface area (Å²) in [5.41, 5.74) is 5.26. The van der Waals surface area contributed by atoms with Crippen LogP contribution < -0.4 is 5.73 Å². The number of ether oxygens (including phenoxy) is 1. The predicted molar refractivity (Wildman–Crippen MR) is 82.5 cm³/mol. The second-order valence-electron chi connectivity index (χ2n) is 6.43. The van der Waals surface area contributed by atoms with Crippen molar-refractivity contribution in [2.45, 2.75) is 71.4 Å². The topological polar surface area (TPSA) is 55.6 Å². The molecule has 1 saturated heterocycles. The van der Waals surface area contributed by atoms with Gasteiger partial charge in [-0.25, -0.2) is 0 Å². The number of nitrogens with two attached hydrogens (primary N) is 1. The van der Waals surface area contributed by atoms with E-state index in [0.29, 0.717) is 19.1 Å². The number of hydrogen-bond donors (Lipinski definition) is 1. The molecule has 1 aliphatic rings. The number of rotatable bonds is 6. The van der Waals surface area contributed by atoms with Gasteiger partial charge in [-0.2, -0.15) is 0 Å². The van der Waals surface area contributed by atoms with E-state index in [1.807, 2.05) is 6.92 Å². The van der Waals surface area contributed by atoms with Gasteiger partial charge in [-0.1, -0.05) is 13.3 Å². The molecule has 0 aromatic carbocycles. The van der Waals surface area contributed by atoms with E-state index < -0.39 is 5.54 Å². The Morgan fingerprint density at radius 2 is 2.10 bits per heavy atom. The van der Waals surface area contributed by atoms with Gasteiger partial charge in [-0.15, -0.1) is 0 Å². The maximum absolute atomic E-state index is 11.9. The monoisotopic (exact) mass is 284 g/mol. The molecule has 1 rings (SSSR count). The highest BCUT2D eigenvalue weighted by atomic mass is 16.5. The molecular weight excluding hydrogens is 252 g/mol. The summed E-state index contributed by atoms with van der Waals surface area (Å²) in [4.78, 5) is 14.4. The van der Waals surface area contributed by atoms with Gasteiger partial charge in [-0.3, -0.25) is 4.79 Å². The first kappa shape index (κ1) is 17.4. The van der Waals surface area contributed by atoms with Crippen LogP contribution in [-0.4, -0.2) is 42.1 Å². The molecule has 1 heterocycles. The normalized spacial score (nSPS) is 25.6. The van der Waals surface area contributed by atoms with Gasteiger partial charge in [0.25, 0.3) is 0 Å². The highest BCUT2D eigenvalue weighted by Gasteiger charge is 2.33. The van der Waals surface area contributed by atoms with Crippen LogP contribution >= 0.6 is 0 Å². The molecule has 0 bridgehead atoms. The molecule has 0 aromatic rings. The molecule has 1 aliphatic heterocycles. The van der Waals surface area contributed by atoms with Crippen LogP contribution in [0, 0.1) is 5.92 Å². The first-order valence-electron chi connectivity index (χ1n) is 8.10. The maximum Gasteiger partial charge on any atom is 0.325 e. The number of carbonyl (C=O) groups excluding carboxylic acids is 1. The smallest absolute Gasteiger partial charge is 0.325 e. The third kappa shape index (κ3) is 5.06. The number of nitrogens with zero attached hydrogens (tertiary/aromatic N) is 1. The second kappa shape index (κ2) is 7.99. The van der Waals surface area contributed by atoms with Crippen molar-refractivity contribution in [3.63, 3.8) is 0 Å². The van der Waals surface area contributed by atoms with E-state index in [1.54, 1.807) is 6.92 Å². The highest BCUT2D eigenvalue weighted by Crippen LogP contribution is 2.24. The number of carbonyl (C=O) groups is 1. The average molecular weight is 284 g/mol. The fourth-order valence-corrected chi connectivity index (χ4v) is 3.16. The van der Waals surface area contributed by atoms with Crippen molar-refractivity contribution < 1.29 is 9.53 Å². The molecule has 3 atom stereocenters. The summed E-state index contributed by atoms with van der Waals surface area (Å²) in [7, 11) is 0. The summed E-state index contributed by atoms with van der Waals surface area (Å²) in [6, 6.07) is 0.324. The molecule has 3 unspecified atom stereocenters.